The normalized spacial score (nSPS) is 10.5. The van der Waals surface area contributed by atoms with E-state index >= 15 is 0 Å². The molecule has 0 aliphatic rings. The van der Waals surface area contributed by atoms with Crippen molar-refractivity contribution in [2.75, 3.05) is 5.43 Å². The number of hydrogen-bond donors (Lipinski definition) is 2. The van der Waals surface area contributed by atoms with Crippen LogP contribution in [0.2, 0.25) is 0 Å². The second-order valence-electron chi connectivity index (χ2n) is 2.50. The van der Waals surface area contributed by atoms with Gasteiger partial charge in [-0.3, -0.25) is 5.43 Å². The van der Waals surface area contributed by atoms with Gasteiger partial charge in [0.1, 0.15) is 6.07 Å². The van der Waals surface area contributed by atoms with Crippen LogP contribution in [0.25, 0.3) is 0 Å². The molecular weight excluding hydrogens is 262 g/mol. The minimum absolute atomic E-state index is 0.588. The maximum Gasteiger partial charge on any atom is 0.367 e. The first-order chi connectivity index (χ1) is 7.13. The fraction of sp³-hybridized carbons (Fsp3) is 0. The molecule has 0 aliphatic heterocycles. The van der Waals surface area contributed by atoms with Crippen LogP contribution < -0.4 is 5.43 Å². The standard InChI is InChI=1S/C9H6BrN3O2/c10-6-2-1-3-7(4-6)12-13-8(5-11)9(14)15/h1-4,12H,(H,14,15). The lowest BCUT2D eigenvalue weighted by Crippen LogP contribution is -2.12. The zero-order valence-electron chi connectivity index (χ0n) is 7.44. The quantitative estimate of drug-likeness (QED) is 0.646. The molecule has 15 heavy (non-hydrogen) atoms. The summed E-state index contributed by atoms with van der Waals surface area (Å²) in [4.78, 5) is 10.4. The highest BCUT2D eigenvalue weighted by Crippen LogP contribution is 2.15. The van der Waals surface area contributed by atoms with Crippen molar-refractivity contribution in [1.82, 2.24) is 0 Å². The number of hydrogen-bond acceptors (Lipinski definition) is 4. The highest BCUT2D eigenvalue weighted by Gasteiger charge is 2.07. The second-order valence-corrected chi connectivity index (χ2v) is 3.42. The largest absolute Gasteiger partial charge is 0.476 e. The number of nitriles is 1. The maximum atomic E-state index is 10.4. The van der Waals surface area contributed by atoms with Crippen molar-refractivity contribution >= 4 is 33.3 Å². The maximum absolute atomic E-state index is 10.4. The highest BCUT2D eigenvalue weighted by molar-refractivity contribution is 9.10. The topological polar surface area (TPSA) is 85.5 Å². The Bertz CT molecular complexity index is 451. The number of benzene rings is 1. The third kappa shape index (κ3) is 3.40. The molecule has 0 bridgehead atoms. The number of rotatable bonds is 3. The molecule has 1 aromatic carbocycles. The Labute approximate surface area is 94.2 Å². The fourth-order valence-electron chi connectivity index (χ4n) is 0.799. The third-order valence-electron chi connectivity index (χ3n) is 1.43. The number of carboxylic acids is 1. The summed E-state index contributed by atoms with van der Waals surface area (Å²) in [6.45, 7) is 0. The molecule has 1 rings (SSSR count). The third-order valence-corrected chi connectivity index (χ3v) is 1.92. The Balaban J connectivity index is 2.80. The molecule has 1 aromatic rings. The minimum Gasteiger partial charge on any atom is -0.476 e. The second kappa shape index (κ2) is 5.12. The van der Waals surface area contributed by atoms with Gasteiger partial charge < -0.3 is 5.11 Å². The van der Waals surface area contributed by atoms with Gasteiger partial charge in [0.2, 0.25) is 5.71 Å². The van der Waals surface area contributed by atoms with E-state index in [1.54, 1.807) is 18.2 Å². The predicted octanol–water partition coefficient (Wildman–Crippen LogP) is 1.83. The Kier molecular flexibility index (Phi) is 3.83. The van der Waals surface area contributed by atoms with Gasteiger partial charge in [-0.1, -0.05) is 22.0 Å². The monoisotopic (exact) mass is 267 g/mol. The molecule has 0 spiro atoms. The average molecular weight is 268 g/mol. The number of carboxylic acid groups (broad SMARTS) is 1. The van der Waals surface area contributed by atoms with Crippen molar-refractivity contribution in [2.24, 2.45) is 5.10 Å². The first-order valence-electron chi connectivity index (χ1n) is 3.86. The van der Waals surface area contributed by atoms with Gasteiger partial charge in [0.15, 0.2) is 0 Å². The summed E-state index contributed by atoms with van der Waals surface area (Å²) in [6, 6.07) is 8.45. The number of halogens is 1. The lowest BCUT2D eigenvalue weighted by Gasteiger charge is -1.99. The SMILES string of the molecule is N#CC(=NNc1cccc(Br)c1)C(=O)O. The van der Waals surface area contributed by atoms with E-state index in [-0.39, 0.29) is 0 Å². The number of nitrogens with zero attached hydrogens (tertiary/aromatic N) is 2. The number of aliphatic carboxylic acids is 1. The van der Waals surface area contributed by atoms with Crippen LogP contribution in [0.15, 0.2) is 33.8 Å². The summed E-state index contributed by atoms with van der Waals surface area (Å²) in [6.07, 6.45) is 0. The molecule has 6 heteroatoms. The zero-order valence-corrected chi connectivity index (χ0v) is 9.02. The van der Waals surface area contributed by atoms with Crippen LogP contribution in [-0.2, 0) is 4.79 Å². The molecule has 0 saturated heterocycles. The predicted molar refractivity (Wildman–Crippen MR) is 58.4 cm³/mol. The molecule has 0 unspecified atom stereocenters. The first kappa shape index (κ1) is 11.2. The van der Waals surface area contributed by atoms with Gasteiger partial charge in [-0.2, -0.15) is 10.4 Å². The van der Waals surface area contributed by atoms with Crippen LogP contribution in [0, 0.1) is 11.3 Å². The van der Waals surface area contributed by atoms with Crippen molar-refractivity contribution in [2.45, 2.75) is 0 Å². The van der Waals surface area contributed by atoms with Gasteiger partial charge in [-0.25, -0.2) is 4.79 Å². The molecule has 76 valence electrons. The lowest BCUT2D eigenvalue weighted by molar-refractivity contribution is -0.129. The van der Waals surface area contributed by atoms with E-state index in [1.807, 2.05) is 6.07 Å². The van der Waals surface area contributed by atoms with E-state index in [0.717, 1.165) is 4.47 Å². The summed E-state index contributed by atoms with van der Waals surface area (Å²) in [7, 11) is 0. The lowest BCUT2D eigenvalue weighted by atomic mass is 10.3. The summed E-state index contributed by atoms with van der Waals surface area (Å²) in [5, 5.41) is 20.4. The van der Waals surface area contributed by atoms with Crippen LogP contribution in [0.5, 0.6) is 0 Å². The summed E-state index contributed by atoms with van der Waals surface area (Å²) >= 11 is 3.25. The summed E-state index contributed by atoms with van der Waals surface area (Å²) in [5.41, 5.74) is 2.48. The number of hydrazone groups is 1. The molecule has 0 saturated carbocycles. The Morgan fingerprint density at radius 3 is 2.87 bits per heavy atom. The molecule has 0 amide bonds. The van der Waals surface area contributed by atoms with Gasteiger partial charge in [0, 0.05) is 4.47 Å². The molecule has 5 nitrogen and oxygen atoms in total. The van der Waals surface area contributed by atoms with E-state index in [4.69, 9.17) is 10.4 Å². The summed E-state index contributed by atoms with van der Waals surface area (Å²) in [5.74, 6) is -1.36. The Morgan fingerprint density at radius 2 is 2.33 bits per heavy atom. The van der Waals surface area contributed by atoms with E-state index in [1.165, 1.54) is 6.07 Å². The molecular formula is C9H6BrN3O2. The molecule has 2 N–H and O–H groups in total. The van der Waals surface area contributed by atoms with Crippen molar-refractivity contribution in [3.05, 3.63) is 28.7 Å². The van der Waals surface area contributed by atoms with Crippen LogP contribution in [0.4, 0.5) is 5.69 Å². The first-order valence-corrected chi connectivity index (χ1v) is 4.65. The fourth-order valence-corrected chi connectivity index (χ4v) is 1.20. The Hall–Kier alpha value is -1.87. The van der Waals surface area contributed by atoms with Crippen molar-refractivity contribution in [3.8, 4) is 6.07 Å². The van der Waals surface area contributed by atoms with E-state index in [2.05, 4.69) is 26.5 Å². The van der Waals surface area contributed by atoms with Crippen LogP contribution in [0.1, 0.15) is 0 Å². The van der Waals surface area contributed by atoms with Gasteiger partial charge in [0.25, 0.3) is 0 Å². The van der Waals surface area contributed by atoms with Crippen LogP contribution in [0.3, 0.4) is 0 Å². The molecule has 0 radical (unpaired) electrons. The Morgan fingerprint density at radius 1 is 1.60 bits per heavy atom. The molecule has 0 aromatic heterocycles. The number of anilines is 1. The number of nitrogens with one attached hydrogen (secondary N) is 1. The smallest absolute Gasteiger partial charge is 0.367 e. The van der Waals surface area contributed by atoms with Crippen LogP contribution >= 0.6 is 15.9 Å². The van der Waals surface area contributed by atoms with Crippen molar-refractivity contribution < 1.29 is 9.90 Å². The van der Waals surface area contributed by atoms with Gasteiger partial charge >= 0.3 is 5.97 Å². The average Bonchev–Trinajstić information content (AvgIpc) is 2.18. The van der Waals surface area contributed by atoms with Crippen molar-refractivity contribution in [1.29, 1.82) is 5.26 Å². The summed E-state index contributed by atoms with van der Waals surface area (Å²) < 4.78 is 0.830. The van der Waals surface area contributed by atoms with Gasteiger partial charge in [-0.05, 0) is 18.2 Å². The number of carbonyl (C=O) groups is 1. The van der Waals surface area contributed by atoms with E-state index < -0.39 is 11.7 Å². The van der Waals surface area contributed by atoms with Crippen LogP contribution in [-0.4, -0.2) is 16.8 Å². The molecule has 0 aliphatic carbocycles. The van der Waals surface area contributed by atoms with E-state index in [9.17, 15) is 4.79 Å². The van der Waals surface area contributed by atoms with Gasteiger partial charge in [-0.15, -0.1) is 0 Å². The molecule has 0 atom stereocenters. The van der Waals surface area contributed by atoms with Gasteiger partial charge in [0.05, 0.1) is 5.69 Å². The minimum atomic E-state index is -1.36. The highest BCUT2D eigenvalue weighted by atomic mass is 79.9. The van der Waals surface area contributed by atoms with Crippen molar-refractivity contribution in [3.63, 3.8) is 0 Å². The molecule has 0 fully saturated rings. The van der Waals surface area contributed by atoms with E-state index in [0.29, 0.717) is 5.69 Å². The zero-order chi connectivity index (χ0) is 11.3. The molecule has 0 heterocycles.